The molecule has 384 valence electrons. The smallest absolute Gasteiger partial charge is 0.308 e. The van der Waals surface area contributed by atoms with Crippen LogP contribution < -0.4 is 5.73 Å². The third-order valence-corrected chi connectivity index (χ3v) is 12.7. The normalized spacial score (nSPS) is 43.2. The summed E-state index contributed by atoms with van der Waals surface area (Å²) in [6.07, 6.45) is 9.10. The summed E-state index contributed by atoms with van der Waals surface area (Å²) in [6, 6.07) is -1.09. The van der Waals surface area contributed by atoms with Crippen molar-refractivity contribution in [3.63, 3.8) is 0 Å². The molecular formula is C50H78N2O16. The fourth-order valence-corrected chi connectivity index (χ4v) is 8.82. The van der Waals surface area contributed by atoms with Crippen molar-refractivity contribution in [2.75, 3.05) is 19.7 Å². The summed E-state index contributed by atoms with van der Waals surface area (Å²) >= 11 is 0. The standard InChI is InChI=1S/C50H78N2O16/c1-32-18-14-11-9-7-5-3-4-6-8-10-12-15-19-37(67-49-47(62)46(51)42(60)31-65-49)28-43-45(48(63)52-22-16-13-17-23-52)41(59)30-50(64,68-43)29-36(55)26-40(58)38(56)21-20-34(53)25-35(54)27-44(61)66-33(2)24-39(32)57/h3-12,14-15,18-19,32-43,45-47,49,53-60,62,64H,13,16-17,20-31,51H2,1-2H3/b4-3+,7-5+,8-6+,11-9+,12-10+,18-14+,19-15+/t32-,33-,34?,35?,36?,37?,38?,39-,40?,41-,42+,43-,45+,46-,47-,49-,50?/m0/s1. The number of ether oxygens (including phenoxy) is 4. The molecule has 0 aromatic rings. The molecule has 0 aromatic carbocycles. The lowest BCUT2D eigenvalue weighted by Crippen LogP contribution is -2.60. The Morgan fingerprint density at radius 1 is 0.676 bits per heavy atom. The first-order valence-corrected chi connectivity index (χ1v) is 24.1. The molecule has 4 aliphatic rings. The molecule has 4 rings (SSSR count). The SMILES string of the molecule is C[C@H]1C[C@H](O)[C@@H](C)/C=C/C=C/C=C/C=C/C=C/C=C/C=C/C(O[C@@H]2OC[C@@H](O)[C@H](N)[C@@H]2O)C[C@@H]2OC(O)(CC(O)CC(O)C(O)CCC(O)CC(O)CC(=O)O1)C[C@H](O)[C@H]2C(=O)N1CCCCC1. The maximum Gasteiger partial charge on any atom is 0.308 e. The van der Waals surface area contributed by atoms with Crippen molar-refractivity contribution in [1.82, 2.24) is 4.90 Å². The lowest BCUT2D eigenvalue weighted by Gasteiger charge is -2.47. The lowest BCUT2D eigenvalue weighted by molar-refractivity contribution is -0.305. The quantitative estimate of drug-likeness (QED) is 0.176. The fraction of sp³-hybridized carbons (Fsp3) is 0.680. The average molecular weight is 963 g/mol. The third kappa shape index (κ3) is 19.4. The molecule has 1 amide bonds. The van der Waals surface area contributed by atoms with E-state index in [2.05, 4.69) is 0 Å². The van der Waals surface area contributed by atoms with Crippen LogP contribution in [0.5, 0.6) is 0 Å². The van der Waals surface area contributed by atoms with Crippen LogP contribution in [0.15, 0.2) is 85.1 Å². The van der Waals surface area contributed by atoms with Crippen LogP contribution in [0, 0.1) is 11.8 Å². The third-order valence-electron chi connectivity index (χ3n) is 12.7. The zero-order chi connectivity index (χ0) is 49.8. The van der Waals surface area contributed by atoms with E-state index < -0.39 is 129 Å². The van der Waals surface area contributed by atoms with Gasteiger partial charge in [-0.05, 0) is 45.4 Å². The van der Waals surface area contributed by atoms with Gasteiger partial charge in [0, 0.05) is 51.1 Å². The molecule has 2 bridgehead atoms. The summed E-state index contributed by atoms with van der Waals surface area (Å²) in [5.74, 6) is -4.75. The predicted octanol–water partition coefficient (Wildman–Crippen LogP) is 1.01. The van der Waals surface area contributed by atoms with Gasteiger partial charge in [0.2, 0.25) is 5.91 Å². The highest BCUT2D eigenvalue weighted by Crippen LogP contribution is 2.39. The molecule has 0 radical (unpaired) electrons. The molecule has 4 aliphatic heterocycles. The van der Waals surface area contributed by atoms with Gasteiger partial charge < -0.3 is 80.6 Å². The topological polar surface area (TPSA) is 303 Å². The highest BCUT2D eigenvalue weighted by Gasteiger charge is 2.51. The van der Waals surface area contributed by atoms with Crippen LogP contribution in [0.3, 0.4) is 0 Å². The molecule has 7 unspecified atom stereocenters. The highest BCUT2D eigenvalue weighted by atomic mass is 16.7. The predicted molar refractivity (Wildman–Crippen MR) is 251 cm³/mol. The maximum atomic E-state index is 14.1. The van der Waals surface area contributed by atoms with Crippen LogP contribution >= 0.6 is 0 Å². The molecule has 3 fully saturated rings. The molecule has 18 heteroatoms. The first kappa shape index (κ1) is 57.1. The number of piperidine rings is 1. The zero-order valence-electron chi connectivity index (χ0n) is 39.4. The Morgan fingerprint density at radius 3 is 1.91 bits per heavy atom. The number of hydrogen-bond donors (Lipinski definition) is 11. The summed E-state index contributed by atoms with van der Waals surface area (Å²) < 4.78 is 23.5. The molecule has 0 aromatic heterocycles. The van der Waals surface area contributed by atoms with Crippen molar-refractivity contribution in [2.45, 2.75) is 182 Å². The number of cyclic esters (lactones) is 1. The first-order valence-electron chi connectivity index (χ1n) is 24.1. The largest absolute Gasteiger partial charge is 0.462 e. The van der Waals surface area contributed by atoms with E-state index in [0.717, 1.165) is 19.3 Å². The van der Waals surface area contributed by atoms with Gasteiger partial charge in [-0.25, -0.2) is 0 Å². The van der Waals surface area contributed by atoms with Gasteiger partial charge >= 0.3 is 5.97 Å². The molecule has 0 spiro atoms. The van der Waals surface area contributed by atoms with Crippen molar-refractivity contribution in [2.24, 2.45) is 17.6 Å². The van der Waals surface area contributed by atoms with Crippen LogP contribution in [-0.4, -0.2) is 179 Å². The fourth-order valence-electron chi connectivity index (χ4n) is 8.82. The number of allylic oxidation sites excluding steroid dienone is 12. The van der Waals surface area contributed by atoms with E-state index >= 15 is 0 Å². The maximum absolute atomic E-state index is 14.1. The molecular weight excluding hydrogens is 885 g/mol. The van der Waals surface area contributed by atoms with E-state index in [1.807, 2.05) is 49.5 Å². The Hall–Kier alpha value is -3.44. The Kier molecular flexibility index (Phi) is 24.4. The molecule has 0 aliphatic carbocycles. The van der Waals surface area contributed by atoms with Crippen molar-refractivity contribution in [1.29, 1.82) is 0 Å². The van der Waals surface area contributed by atoms with Gasteiger partial charge in [-0.1, -0.05) is 92.0 Å². The number of hydrogen-bond acceptors (Lipinski definition) is 17. The average Bonchev–Trinajstić information content (AvgIpc) is 3.27. The van der Waals surface area contributed by atoms with Gasteiger partial charge in [0.1, 0.15) is 12.2 Å². The van der Waals surface area contributed by atoms with Crippen LogP contribution in [0.4, 0.5) is 0 Å². The number of nitrogens with two attached hydrogens (primary N) is 1. The number of carbonyl (C=O) groups excluding carboxylic acids is 2. The molecule has 3 saturated heterocycles. The highest BCUT2D eigenvalue weighted by molar-refractivity contribution is 5.80. The van der Waals surface area contributed by atoms with Crippen LogP contribution in [0.2, 0.25) is 0 Å². The van der Waals surface area contributed by atoms with Crippen LogP contribution in [-0.2, 0) is 28.5 Å². The molecule has 18 nitrogen and oxygen atoms in total. The number of esters is 1. The summed E-state index contributed by atoms with van der Waals surface area (Å²) in [5.41, 5.74) is 6.03. The molecule has 4 heterocycles. The number of fused-ring (bicyclic) bond motifs is 2. The number of aliphatic hydroxyl groups is 10. The number of likely N-dealkylation sites (tertiary alicyclic amines) is 1. The second-order valence-corrected chi connectivity index (χ2v) is 18.7. The van der Waals surface area contributed by atoms with Crippen LogP contribution in [0.1, 0.15) is 90.9 Å². The van der Waals surface area contributed by atoms with Crippen LogP contribution in [0.25, 0.3) is 0 Å². The molecule has 0 saturated carbocycles. The van der Waals surface area contributed by atoms with Gasteiger partial charge in [-0.2, -0.15) is 0 Å². The van der Waals surface area contributed by atoms with Crippen molar-refractivity contribution < 1.29 is 79.6 Å². The minimum atomic E-state index is -2.23. The van der Waals surface area contributed by atoms with Gasteiger partial charge in [-0.15, -0.1) is 0 Å². The Balaban J connectivity index is 1.58. The minimum Gasteiger partial charge on any atom is -0.462 e. The van der Waals surface area contributed by atoms with Crippen molar-refractivity contribution in [3.8, 4) is 0 Å². The van der Waals surface area contributed by atoms with Crippen molar-refractivity contribution >= 4 is 11.9 Å². The minimum absolute atomic E-state index is 0.0794. The van der Waals surface area contributed by atoms with E-state index in [-0.39, 0.29) is 50.5 Å². The number of nitrogens with zero attached hydrogens (tertiary/aromatic N) is 1. The lowest BCUT2D eigenvalue weighted by atomic mass is 9.81. The molecule has 12 N–H and O–H groups in total. The zero-order valence-corrected chi connectivity index (χ0v) is 39.4. The van der Waals surface area contributed by atoms with Gasteiger partial charge in [0.15, 0.2) is 12.1 Å². The monoisotopic (exact) mass is 963 g/mol. The second kappa shape index (κ2) is 29.0. The van der Waals surface area contributed by atoms with Gasteiger partial charge in [-0.3, -0.25) is 9.59 Å². The van der Waals surface area contributed by atoms with E-state index in [1.54, 1.807) is 54.4 Å². The Bertz CT molecular complexity index is 1730. The van der Waals surface area contributed by atoms with E-state index in [0.29, 0.717) is 13.1 Å². The summed E-state index contributed by atoms with van der Waals surface area (Å²) in [4.78, 5) is 28.3. The summed E-state index contributed by atoms with van der Waals surface area (Å²) in [7, 11) is 0. The Morgan fingerprint density at radius 2 is 1.28 bits per heavy atom. The van der Waals surface area contributed by atoms with Crippen molar-refractivity contribution in [3.05, 3.63) is 85.1 Å². The van der Waals surface area contributed by atoms with Gasteiger partial charge in [0.25, 0.3) is 0 Å². The summed E-state index contributed by atoms with van der Waals surface area (Å²) in [6.45, 7) is 4.18. The number of carbonyl (C=O) groups is 2. The number of aliphatic hydroxyl groups excluding tert-OH is 9. The van der Waals surface area contributed by atoms with E-state index in [9.17, 15) is 60.7 Å². The first-order chi connectivity index (χ1) is 32.3. The molecule has 17 atom stereocenters. The Labute approximate surface area is 400 Å². The van der Waals surface area contributed by atoms with E-state index in [1.165, 1.54) is 0 Å². The summed E-state index contributed by atoms with van der Waals surface area (Å²) in [5, 5.41) is 109. The number of amides is 1. The number of rotatable bonds is 3. The molecule has 68 heavy (non-hydrogen) atoms. The second-order valence-electron chi connectivity index (χ2n) is 18.7. The van der Waals surface area contributed by atoms with Gasteiger partial charge in [0.05, 0.1) is 86.0 Å². The van der Waals surface area contributed by atoms with E-state index in [4.69, 9.17) is 24.7 Å².